The number of imide groups is 1. The standard InChI is InChI=1S/C10H7NO2.C4H4O4/c12-9-6-7-10(13)11(9)8-4-2-1-3-5-8;5-3(6)1-2-4(7)8/h1-7H;1-2H,(H,5,6)(H,7,8)/b;2-1-. The van der Waals surface area contributed by atoms with Crippen LogP contribution in [-0.2, 0) is 19.2 Å². The van der Waals surface area contributed by atoms with Crippen molar-refractivity contribution in [1.29, 1.82) is 0 Å². The summed E-state index contributed by atoms with van der Waals surface area (Å²) in [5.74, 6) is -3.08. The number of carbonyl (C=O) groups excluding carboxylic acids is 2. The molecule has 0 radical (unpaired) electrons. The zero-order valence-corrected chi connectivity index (χ0v) is 10.7. The molecule has 21 heavy (non-hydrogen) atoms. The molecule has 1 heterocycles. The van der Waals surface area contributed by atoms with E-state index >= 15 is 0 Å². The van der Waals surface area contributed by atoms with Crippen molar-refractivity contribution in [1.82, 2.24) is 0 Å². The van der Waals surface area contributed by atoms with Gasteiger partial charge in [0.2, 0.25) is 0 Å². The first-order chi connectivity index (χ1) is 9.91. The molecule has 1 aliphatic rings. The molecule has 0 saturated heterocycles. The topological polar surface area (TPSA) is 112 Å². The third-order valence-corrected chi connectivity index (χ3v) is 2.19. The predicted octanol–water partition coefficient (Wildman–Crippen LogP) is 0.828. The van der Waals surface area contributed by atoms with Crippen LogP contribution in [0.15, 0.2) is 54.6 Å². The molecule has 2 rings (SSSR count). The molecule has 0 bridgehead atoms. The maximum absolute atomic E-state index is 11.2. The molecular weight excluding hydrogens is 278 g/mol. The number of carboxylic acids is 2. The monoisotopic (exact) mass is 289 g/mol. The Labute approximate surface area is 119 Å². The van der Waals surface area contributed by atoms with E-state index in [1.807, 2.05) is 6.07 Å². The number of hydrogen-bond acceptors (Lipinski definition) is 4. The van der Waals surface area contributed by atoms with E-state index in [0.29, 0.717) is 17.8 Å². The van der Waals surface area contributed by atoms with Crippen LogP contribution in [0, 0.1) is 0 Å². The van der Waals surface area contributed by atoms with Crippen molar-refractivity contribution in [2.75, 3.05) is 4.90 Å². The Kier molecular flexibility index (Phi) is 5.57. The van der Waals surface area contributed by atoms with Crippen molar-refractivity contribution in [2.45, 2.75) is 0 Å². The van der Waals surface area contributed by atoms with Crippen molar-refractivity contribution in [3.05, 3.63) is 54.6 Å². The highest BCUT2D eigenvalue weighted by Gasteiger charge is 2.24. The van der Waals surface area contributed by atoms with Gasteiger partial charge in [-0.05, 0) is 12.1 Å². The summed E-state index contributed by atoms with van der Waals surface area (Å²) in [5, 5.41) is 15.6. The molecule has 108 valence electrons. The van der Waals surface area contributed by atoms with E-state index in [-0.39, 0.29) is 11.8 Å². The predicted molar refractivity (Wildman–Crippen MR) is 72.5 cm³/mol. The van der Waals surface area contributed by atoms with Crippen LogP contribution in [-0.4, -0.2) is 34.0 Å². The molecule has 7 heteroatoms. The normalized spacial score (nSPS) is 13.2. The fraction of sp³-hybridized carbons (Fsp3) is 0. The number of amides is 2. The van der Waals surface area contributed by atoms with Crippen LogP contribution in [0.25, 0.3) is 0 Å². The second kappa shape index (κ2) is 7.39. The van der Waals surface area contributed by atoms with E-state index in [1.165, 1.54) is 12.2 Å². The number of rotatable bonds is 3. The number of nitrogens with zero attached hydrogens (tertiary/aromatic N) is 1. The Morgan fingerprint density at radius 1 is 0.857 bits per heavy atom. The van der Waals surface area contributed by atoms with Gasteiger partial charge in [0, 0.05) is 24.3 Å². The molecule has 2 amide bonds. The SMILES string of the molecule is O=C(O)/C=C\C(=O)O.O=C1C=CC(=O)N1c1ccccc1. The van der Waals surface area contributed by atoms with E-state index in [9.17, 15) is 19.2 Å². The van der Waals surface area contributed by atoms with Crippen molar-refractivity contribution in [3.63, 3.8) is 0 Å². The first kappa shape index (κ1) is 15.8. The average Bonchev–Trinajstić information content (AvgIpc) is 2.77. The van der Waals surface area contributed by atoms with Gasteiger partial charge in [-0.2, -0.15) is 0 Å². The van der Waals surface area contributed by atoms with Gasteiger partial charge in [0.1, 0.15) is 0 Å². The van der Waals surface area contributed by atoms with E-state index in [2.05, 4.69) is 0 Å². The summed E-state index contributed by atoms with van der Waals surface area (Å²) >= 11 is 0. The molecule has 0 aliphatic carbocycles. The minimum atomic E-state index is -1.26. The third kappa shape index (κ3) is 5.11. The fourth-order valence-corrected chi connectivity index (χ4v) is 1.37. The van der Waals surface area contributed by atoms with Crippen LogP contribution in [0.5, 0.6) is 0 Å². The van der Waals surface area contributed by atoms with Gasteiger partial charge in [0.05, 0.1) is 5.69 Å². The highest BCUT2D eigenvalue weighted by molar-refractivity contribution is 6.28. The molecule has 1 aromatic carbocycles. The number of hydrogen-bond donors (Lipinski definition) is 2. The second-order valence-electron chi connectivity index (χ2n) is 3.69. The molecule has 0 unspecified atom stereocenters. The Morgan fingerprint density at radius 3 is 1.67 bits per heavy atom. The summed E-state index contributed by atoms with van der Waals surface area (Å²) < 4.78 is 0. The first-order valence-electron chi connectivity index (χ1n) is 5.67. The molecule has 7 nitrogen and oxygen atoms in total. The number of anilines is 1. The zero-order valence-electron chi connectivity index (χ0n) is 10.7. The second-order valence-corrected chi connectivity index (χ2v) is 3.69. The molecule has 0 atom stereocenters. The maximum Gasteiger partial charge on any atom is 0.328 e. The van der Waals surface area contributed by atoms with E-state index in [4.69, 9.17) is 10.2 Å². The van der Waals surface area contributed by atoms with E-state index in [1.54, 1.807) is 24.3 Å². The number of carbonyl (C=O) groups is 4. The molecule has 0 aromatic heterocycles. The Morgan fingerprint density at radius 2 is 1.29 bits per heavy atom. The van der Waals surface area contributed by atoms with E-state index in [0.717, 1.165) is 4.90 Å². The summed E-state index contributed by atoms with van der Waals surface area (Å²) in [6.07, 6.45) is 3.66. The summed E-state index contributed by atoms with van der Waals surface area (Å²) in [4.78, 5) is 42.7. The Hall–Kier alpha value is -3.22. The minimum Gasteiger partial charge on any atom is -0.478 e. The maximum atomic E-state index is 11.2. The van der Waals surface area contributed by atoms with Gasteiger partial charge in [-0.15, -0.1) is 0 Å². The van der Waals surface area contributed by atoms with Crippen LogP contribution >= 0.6 is 0 Å². The molecule has 0 fully saturated rings. The third-order valence-electron chi connectivity index (χ3n) is 2.19. The molecule has 0 spiro atoms. The molecular formula is C14H11NO6. The molecule has 0 saturated carbocycles. The largest absolute Gasteiger partial charge is 0.478 e. The highest BCUT2D eigenvalue weighted by Crippen LogP contribution is 2.17. The average molecular weight is 289 g/mol. The van der Waals surface area contributed by atoms with Gasteiger partial charge >= 0.3 is 11.9 Å². The number of carboxylic acid groups (broad SMARTS) is 2. The summed E-state index contributed by atoms with van der Waals surface area (Å²) in [6.45, 7) is 0. The van der Waals surface area contributed by atoms with Gasteiger partial charge in [-0.25, -0.2) is 14.5 Å². The van der Waals surface area contributed by atoms with Crippen LogP contribution in [0.4, 0.5) is 5.69 Å². The van der Waals surface area contributed by atoms with Gasteiger partial charge in [-0.3, -0.25) is 9.59 Å². The quantitative estimate of drug-likeness (QED) is 0.629. The van der Waals surface area contributed by atoms with Crippen LogP contribution < -0.4 is 4.90 Å². The molecule has 2 N–H and O–H groups in total. The number of benzene rings is 1. The van der Waals surface area contributed by atoms with Crippen molar-refractivity contribution < 1.29 is 29.4 Å². The smallest absolute Gasteiger partial charge is 0.328 e. The molecule has 1 aliphatic heterocycles. The van der Waals surface area contributed by atoms with Crippen molar-refractivity contribution >= 4 is 29.4 Å². The Balaban J connectivity index is 0.000000240. The number of para-hydroxylation sites is 1. The number of aliphatic carboxylic acids is 2. The van der Waals surface area contributed by atoms with Gasteiger partial charge in [0.25, 0.3) is 11.8 Å². The minimum absolute atomic E-state index is 0.281. The fourth-order valence-electron chi connectivity index (χ4n) is 1.37. The van der Waals surface area contributed by atoms with Gasteiger partial charge < -0.3 is 10.2 Å². The van der Waals surface area contributed by atoms with E-state index < -0.39 is 11.9 Å². The molecule has 1 aromatic rings. The van der Waals surface area contributed by atoms with Crippen LogP contribution in [0.3, 0.4) is 0 Å². The summed E-state index contributed by atoms with van der Waals surface area (Å²) in [7, 11) is 0. The van der Waals surface area contributed by atoms with Gasteiger partial charge in [-0.1, -0.05) is 18.2 Å². The summed E-state index contributed by atoms with van der Waals surface area (Å²) in [5.41, 5.74) is 0.613. The first-order valence-corrected chi connectivity index (χ1v) is 5.67. The van der Waals surface area contributed by atoms with Crippen molar-refractivity contribution in [2.24, 2.45) is 0 Å². The van der Waals surface area contributed by atoms with Crippen LogP contribution in [0.1, 0.15) is 0 Å². The lowest BCUT2D eigenvalue weighted by atomic mass is 10.3. The lowest BCUT2D eigenvalue weighted by Crippen LogP contribution is -2.29. The lowest BCUT2D eigenvalue weighted by Gasteiger charge is -2.12. The lowest BCUT2D eigenvalue weighted by molar-refractivity contribution is -0.134. The van der Waals surface area contributed by atoms with Crippen LogP contribution in [0.2, 0.25) is 0 Å². The zero-order chi connectivity index (χ0) is 15.8. The van der Waals surface area contributed by atoms with Gasteiger partial charge in [0.15, 0.2) is 0 Å². The Bertz CT molecular complexity index is 584. The summed E-state index contributed by atoms with van der Waals surface area (Å²) in [6, 6.07) is 8.86. The highest BCUT2D eigenvalue weighted by atomic mass is 16.4. The van der Waals surface area contributed by atoms with Crippen molar-refractivity contribution in [3.8, 4) is 0 Å².